The van der Waals surface area contributed by atoms with Crippen LogP contribution in [0.25, 0.3) is 0 Å². The van der Waals surface area contributed by atoms with Gasteiger partial charge < -0.3 is 34.1 Å². The Bertz CT molecular complexity index is 1230. The van der Waals surface area contributed by atoms with E-state index in [2.05, 4.69) is 51.5 Å². The number of nitrogens with zero attached hydrogens (tertiary/aromatic N) is 2. The van der Waals surface area contributed by atoms with Crippen molar-refractivity contribution in [2.45, 2.75) is 168 Å². The van der Waals surface area contributed by atoms with Crippen LogP contribution in [0, 0.1) is 50.7 Å². The SMILES string of the molecule is CCO[C@@H](C(C[C@@H](C)[C@H]1C[C@H](O)[C@@]2(C)C3CC[C@H]4C(C)(C)[C@@H](O[C@H]5CN(C6CCN(C)CC6)CCO5)CC[C@@]45C[C@@]35CC[C@]12C)OC)C(C)(C)O. The second kappa shape index (κ2) is 13.7. The molecule has 5 saturated carbocycles. The van der Waals surface area contributed by atoms with E-state index in [1.54, 1.807) is 7.11 Å². The maximum Gasteiger partial charge on any atom is 0.170 e. The number of hydrogen-bond donors (Lipinski definition) is 2. The lowest BCUT2D eigenvalue weighted by Crippen LogP contribution is -2.60. The van der Waals surface area contributed by atoms with Crippen molar-refractivity contribution in [2.75, 3.05) is 53.6 Å². The molecule has 13 atom stereocenters. The molecule has 5 aliphatic carbocycles. The largest absolute Gasteiger partial charge is 0.393 e. The molecular weight excluding hydrogens is 640 g/mol. The molecule has 2 spiro atoms. The Hall–Kier alpha value is -0.320. The van der Waals surface area contributed by atoms with Gasteiger partial charge in [-0.1, -0.05) is 34.6 Å². The monoisotopic (exact) mass is 717 g/mol. The third-order valence-electron chi connectivity index (χ3n) is 17.7. The van der Waals surface area contributed by atoms with Gasteiger partial charge in [-0.15, -0.1) is 0 Å². The average Bonchev–Trinajstić information content (AvgIpc) is 3.70. The lowest BCUT2D eigenvalue weighted by Gasteiger charge is -2.64. The van der Waals surface area contributed by atoms with Crippen molar-refractivity contribution in [3.8, 4) is 0 Å². The number of aliphatic hydroxyl groups is 2. The first kappa shape index (κ1) is 38.9. The average molecular weight is 717 g/mol. The van der Waals surface area contributed by atoms with Crippen LogP contribution in [0.2, 0.25) is 0 Å². The molecule has 7 aliphatic rings. The van der Waals surface area contributed by atoms with Gasteiger partial charge in [0.25, 0.3) is 0 Å². The van der Waals surface area contributed by atoms with Gasteiger partial charge >= 0.3 is 0 Å². The summed E-state index contributed by atoms with van der Waals surface area (Å²) in [6, 6.07) is 0.661. The van der Waals surface area contributed by atoms with Crippen LogP contribution < -0.4 is 0 Å². The normalized spacial score (nSPS) is 46.4. The van der Waals surface area contributed by atoms with Crippen LogP contribution in [0.3, 0.4) is 0 Å². The first-order chi connectivity index (χ1) is 24.0. The standard InChI is InChI=1S/C43H76N2O6/c1-11-49-37(39(5,6)47)31(48-10)24-28(2)30-25-34(46)41(8)33-13-12-32-38(3,4)35(14-17-42(32)27-43(33,42)19-18-40(30,41)7)51-36-26-45(22-23-50-36)29-15-20-44(9)21-16-29/h28-37,46-47H,11-27H2,1-10H3/t28-,30-,31?,32+,33?,34+,35+,36+,37+,40-,41-,42-,43+/m1/s1. The molecule has 2 N–H and O–H groups in total. The van der Waals surface area contributed by atoms with Crippen LogP contribution in [0.15, 0.2) is 0 Å². The van der Waals surface area contributed by atoms with Gasteiger partial charge in [-0.3, -0.25) is 4.90 Å². The van der Waals surface area contributed by atoms with Gasteiger partial charge in [0.15, 0.2) is 6.29 Å². The van der Waals surface area contributed by atoms with Crippen LogP contribution in [-0.4, -0.2) is 116 Å². The molecule has 294 valence electrons. The molecule has 0 aromatic rings. The first-order valence-electron chi connectivity index (χ1n) is 21.2. The van der Waals surface area contributed by atoms with Crippen LogP contribution in [-0.2, 0) is 18.9 Å². The van der Waals surface area contributed by atoms with E-state index in [1.165, 1.54) is 64.5 Å². The predicted octanol–water partition coefficient (Wildman–Crippen LogP) is 6.75. The van der Waals surface area contributed by atoms with Crippen LogP contribution >= 0.6 is 0 Å². The number of rotatable bonds is 11. The lowest BCUT2D eigenvalue weighted by atomic mass is 9.41. The van der Waals surface area contributed by atoms with E-state index in [-0.39, 0.29) is 47.0 Å². The van der Waals surface area contributed by atoms with Crippen molar-refractivity contribution < 1.29 is 29.2 Å². The minimum absolute atomic E-state index is 0.0697. The number of fused-ring (bicyclic) bond motifs is 2. The summed E-state index contributed by atoms with van der Waals surface area (Å²) in [7, 11) is 4.00. The van der Waals surface area contributed by atoms with Crippen LogP contribution in [0.5, 0.6) is 0 Å². The fourth-order valence-electron chi connectivity index (χ4n) is 14.9. The lowest BCUT2D eigenvalue weighted by molar-refractivity contribution is -0.251. The molecule has 2 heterocycles. The highest BCUT2D eigenvalue weighted by atomic mass is 16.7. The van der Waals surface area contributed by atoms with Crippen molar-refractivity contribution in [2.24, 2.45) is 50.7 Å². The number of aliphatic hydroxyl groups excluding tert-OH is 1. The molecule has 51 heavy (non-hydrogen) atoms. The zero-order valence-electron chi connectivity index (χ0n) is 34.2. The summed E-state index contributed by atoms with van der Waals surface area (Å²) >= 11 is 0. The van der Waals surface area contributed by atoms with E-state index >= 15 is 0 Å². The number of ether oxygens (including phenoxy) is 4. The summed E-state index contributed by atoms with van der Waals surface area (Å²) in [6.07, 6.45) is 12.2. The van der Waals surface area contributed by atoms with Crippen molar-refractivity contribution in [1.29, 1.82) is 0 Å². The summed E-state index contributed by atoms with van der Waals surface area (Å²) in [5.74, 6) is 1.99. The molecule has 2 aliphatic heterocycles. The van der Waals surface area contributed by atoms with Gasteiger partial charge in [0.2, 0.25) is 0 Å². The van der Waals surface area contributed by atoms with Gasteiger partial charge in [0.1, 0.15) is 6.10 Å². The third-order valence-corrected chi connectivity index (χ3v) is 17.7. The predicted molar refractivity (Wildman–Crippen MR) is 201 cm³/mol. The number of morpholine rings is 1. The van der Waals surface area contributed by atoms with Crippen molar-refractivity contribution in [3.63, 3.8) is 0 Å². The molecule has 8 nitrogen and oxygen atoms in total. The number of likely N-dealkylation sites (tertiary alicyclic amines) is 1. The highest BCUT2D eigenvalue weighted by Gasteiger charge is 2.83. The second-order valence-corrected chi connectivity index (χ2v) is 20.6. The summed E-state index contributed by atoms with van der Waals surface area (Å²) in [4.78, 5) is 5.13. The van der Waals surface area contributed by atoms with Crippen LogP contribution in [0.1, 0.15) is 126 Å². The van der Waals surface area contributed by atoms with E-state index in [9.17, 15) is 10.2 Å². The van der Waals surface area contributed by atoms with E-state index < -0.39 is 5.60 Å². The molecular formula is C43H76N2O6. The Kier molecular flexibility index (Phi) is 10.5. The smallest absolute Gasteiger partial charge is 0.170 e. The fourth-order valence-corrected chi connectivity index (χ4v) is 14.9. The number of hydrogen-bond acceptors (Lipinski definition) is 8. The van der Waals surface area contributed by atoms with E-state index in [0.29, 0.717) is 47.2 Å². The highest BCUT2D eigenvalue weighted by Crippen LogP contribution is 2.89. The molecule has 0 radical (unpaired) electrons. The molecule has 0 aromatic heterocycles. The Morgan fingerprint density at radius 2 is 1.63 bits per heavy atom. The number of methoxy groups -OCH3 is 1. The van der Waals surface area contributed by atoms with Gasteiger partial charge in [-0.2, -0.15) is 0 Å². The van der Waals surface area contributed by atoms with Crippen LogP contribution in [0.4, 0.5) is 0 Å². The summed E-state index contributed by atoms with van der Waals surface area (Å²) < 4.78 is 25.5. The van der Waals surface area contributed by atoms with Crippen molar-refractivity contribution in [1.82, 2.24) is 9.80 Å². The summed E-state index contributed by atoms with van der Waals surface area (Å²) in [5, 5.41) is 23.3. The quantitative estimate of drug-likeness (QED) is 0.243. The molecule has 0 amide bonds. The van der Waals surface area contributed by atoms with Crippen molar-refractivity contribution >= 4 is 0 Å². The highest BCUT2D eigenvalue weighted by molar-refractivity contribution is 5.31. The van der Waals surface area contributed by atoms with Gasteiger partial charge in [-0.05, 0) is 157 Å². The minimum atomic E-state index is -0.992. The summed E-state index contributed by atoms with van der Waals surface area (Å²) in [6.45, 7) is 23.8. The molecule has 8 heteroatoms. The molecule has 7 rings (SSSR count). The zero-order chi connectivity index (χ0) is 36.8. The topological polar surface area (TPSA) is 83.9 Å². The van der Waals surface area contributed by atoms with Crippen molar-refractivity contribution in [3.05, 3.63) is 0 Å². The van der Waals surface area contributed by atoms with Gasteiger partial charge in [-0.25, -0.2) is 0 Å². The van der Waals surface area contributed by atoms with Gasteiger partial charge in [0.05, 0.1) is 30.5 Å². The third kappa shape index (κ3) is 6.05. The Morgan fingerprint density at radius 3 is 2.29 bits per heavy atom. The van der Waals surface area contributed by atoms with Gasteiger partial charge in [0, 0.05) is 38.3 Å². The molecule has 2 unspecified atom stereocenters. The van der Waals surface area contributed by atoms with E-state index in [1.807, 2.05) is 20.8 Å². The van der Waals surface area contributed by atoms with E-state index in [0.717, 1.165) is 39.0 Å². The molecule has 7 fully saturated rings. The van der Waals surface area contributed by atoms with E-state index in [4.69, 9.17) is 18.9 Å². The first-order valence-corrected chi connectivity index (χ1v) is 21.2. The Morgan fingerprint density at radius 1 is 0.941 bits per heavy atom. The zero-order valence-corrected chi connectivity index (χ0v) is 34.2. The maximum atomic E-state index is 12.3. The molecule has 0 aromatic carbocycles. The second-order valence-electron chi connectivity index (χ2n) is 20.6. The Labute approximate surface area is 311 Å². The maximum absolute atomic E-state index is 12.3. The Balaban J connectivity index is 1.05. The fraction of sp³-hybridized carbons (Fsp3) is 1.00. The minimum Gasteiger partial charge on any atom is -0.393 e. The number of piperidine rings is 1. The molecule has 2 saturated heterocycles. The summed E-state index contributed by atoms with van der Waals surface area (Å²) in [5.41, 5.74) is -0.172. The molecule has 0 bridgehead atoms.